The van der Waals surface area contributed by atoms with Gasteiger partial charge in [-0.05, 0) is 37.2 Å². The fourth-order valence-corrected chi connectivity index (χ4v) is 4.83. The lowest BCUT2D eigenvalue weighted by molar-refractivity contribution is -0.143. The first-order valence-corrected chi connectivity index (χ1v) is 8.91. The number of rotatable bonds is 2. The maximum atomic E-state index is 12.7. The quantitative estimate of drug-likeness (QED) is 0.781. The molecule has 3 saturated heterocycles. The Morgan fingerprint density at radius 1 is 1.40 bits per heavy atom. The number of nitrogens with zero attached hydrogens (tertiary/aromatic N) is 1. The van der Waals surface area contributed by atoms with Crippen molar-refractivity contribution in [2.75, 3.05) is 38.3 Å². The van der Waals surface area contributed by atoms with Gasteiger partial charge in [0, 0.05) is 32.5 Å². The fraction of sp³-hybridized carbons (Fsp3) is 0.933. The van der Waals surface area contributed by atoms with E-state index < -0.39 is 0 Å². The SMILES string of the molecule is CO[C@H]1CO[C@@]2(CCCN(C(=O)C3CCSCC3)C2)C1. The van der Waals surface area contributed by atoms with E-state index in [-0.39, 0.29) is 17.6 Å². The van der Waals surface area contributed by atoms with Crippen LogP contribution in [0.15, 0.2) is 0 Å². The number of methoxy groups -OCH3 is 1. The molecule has 0 saturated carbocycles. The largest absolute Gasteiger partial charge is 0.379 e. The molecule has 2 atom stereocenters. The highest BCUT2D eigenvalue weighted by Crippen LogP contribution is 2.36. The molecule has 3 heterocycles. The van der Waals surface area contributed by atoms with Gasteiger partial charge in [0.05, 0.1) is 18.3 Å². The Balaban J connectivity index is 1.61. The lowest BCUT2D eigenvalue weighted by atomic mass is 9.88. The summed E-state index contributed by atoms with van der Waals surface area (Å²) in [5.41, 5.74) is -0.127. The van der Waals surface area contributed by atoms with Crippen LogP contribution in [-0.4, -0.2) is 60.8 Å². The summed E-state index contributed by atoms with van der Waals surface area (Å²) in [6, 6.07) is 0. The number of amides is 1. The third-order valence-electron chi connectivity index (χ3n) is 4.93. The molecule has 3 fully saturated rings. The molecule has 0 unspecified atom stereocenters. The molecular formula is C15H25NO3S. The molecule has 0 aromatic heterocycles. The van der Waals surface area contributed by atoms with Crippen LogP contribution in [0.3, 0.4) is 0 Å². The predicted molar refractivity (Wildman–Crippen MR) is 80.0 cm³/mol. The Hall–Kier alpha value is -0.260. The van der Waals surface area contributed by atoms with Gasteiger partial charge in [-0.25, -0.2) is 0 Å². The molecule has 20 heavy (non-hydrogen) atoms. The Kier molecular flexibility index (Phi) is 4.58. The first-order valence-electron chi connectivity index (χ1n) is 7.76. The van der Waals surface area contributed by atoms with E-state index in [0.717, 1.165) is 56.7 Å². The topological polar surface area (TPSA) is 38.8 Å². The molecule has 0 aliphatic carbocycles. The highest BCUT2D eigenvalue weighted by Gasteiger charge is 2.45. The maximum Gasteiger partial charge on any atom is 0.225 e. The molecule has 0 radical (unpaired) electrons. The predicted octanol–water partition coefficient (Wildman–Crippen LogP) is 1.93. The van der Waals surface area contributed by atoms with Crippen molar-refractivity contribution in [2.24, 2.45) is 5.92 Å². The third-order valence-corrected chi connectivity index (χ3v) is 5.98. The fourth-order valence-electron chi connectivity index (χ4n) is 3.73. The summed E-state index contributed by atoms with van der Waals surface area (Å²) in [7, 11) is 1.75. The van der Waals surface area contributed by atoms with E-state index in [9.17, 15) is 4.79 Å². The molecule has 1 spiro atoms. The molecule has 0 aromatic rings. The minimum Gasteiger partial charge on any atom is -0.379 e. The Morgan fingerprint density at radius 2 is 2.20 bits per heavy atom. The van der Waals surface area contributed by atoms with E-state index in [2.05, 4.69) is 4.90 Å². The van der Waals surface area contributed by atoms with Crippen molar-refractivity contribution in [1.82, 2.24) is 4.90 Å². The van der Waals surface area contributed by atoms with Crippen LogP contribution in [0.25, 0.3) is 0 Å². The Labute approximate surface area is 125 Å². The number of hydrogen-bond donors (Lipinski definition) is 0. The lowest BCUT2D eigenvalue weighted by Crippen LogP contribution is -2.52. The Morgan fingerprint density at radius 3 is 2.90 bits per heavy atom. The summed E-state index contributed by atoms with van der Waals surface area (Å²) in [6.45, 7) is 2.36. The number of thioether (sulfide) groups is 1. The van der Waals surface area contributed by atoms with Crippen LogP contribution >= 0.6 is 11.8 Å². The van der Waals surface area contributed by atoms with Gasteiger partial charge in [-0.15, -0.1) is 0 Å². The second-order valence-corrected chi connectivity index (χ2v) is 7.53. The van der Waals surface area contributed by atoms with E-state index in [4.69, 9.17) is 9.47 Å². The molecule has 3 rings (SSSR count). The first kappa shape index (κ1) is 14.7. The summed E-state index contributed by atoms with van der Waals surface area (Å²) in [6.07, 6.45) is 5.37. The van der Waals surface area contributed by atoms with Crippen LogP contribution < -0.4 is 0 Å². The molecule has 5 heteroatoms. The van der Waals surface area contributed by atoms with Gasteiger partial charge in [0.2, 0.25) is 5.91 Å². The van der Waals surface area contributed by atoms with Gasteiger partial charge in [0.1, 0.15) is 0 Å². The van der Waals surface area contributed by atoms with Crippen LogP contribution in [-0.2, 0) is 14.3 Å². The zero-order valence-corrected chi connectivity index (χ0v) is 13.1. The zero-order valence-electron chi connectivity index (χ0n) is 12.3. The van der Waals surface area contributed by atoms with Crippen molar-refractivity contribution in [3.05, 3.63) is 0 Å². The van der Waals surface area contributed by atoms with Crippen molar-refractivity contribution in [1.29, 1.82) is 0 Å². The van der Waals surface area contributed by atoms with Gasteiger partial charge in [0.15, 0.2) is 0 Å². The molecule has 4 nitrogen and oxygen atoms in total. The molecule has 114 valence electrons. The normalized spacial score (nSPS) is 35.6. The number of hydrogen-bond acceptors (Lipinski definition) is 4. The third kappa shape index (κ3) is 3.00. The van der Waals surface area contributed by atoms with Crippen molar-refractivity contribution in [3.8, 4) is 0 Å². The standard InChI is InChI=1S/C15H25NO3S/c1-18-13-9-15(19-10-13)5-2-6-16(11-15)14(17)12-3-7-20-8-4-12/h12-13H,2-11H2,1H3/t13-,15+/m1/s1. The van der Waals surface area contributed by atoms with E-state index in [0.29, 0.717) is 12.5 Å². The summed E-state index contributed by atoms with van der Waals surface area (Å²) >= 11 is 1.97. The number of likely N-dealkylation sites (tertiary alicyclic amines) is 1. The minimum atomic E-state index is -0.127. The monoisotopic (exact) mass is 299 g/mol. The summed E-state index contributed by atoms with van der Waals surface area (Å²) in [4.78, 5) is 14.7. The molecule has 0 aromatic carbocycles. The van der Waals surface area contributed by atoms with Crippen molar-refractivity contribution in [2.45, 2.75) is 43.8 Å². The van der Waals surface area contributed by atoms with Crippen LogP contribution in [0.2, 0.25) is 0 Å². The van der Waals surface area contributed by atoms with E-state index in [1.807, 2.05) is 11.8 Å². The van der Waals surface area contributed by atoms with Crippen LogP contribution in [0.4, 0.5) is 0 Å². The second kappa shape index (κ2) is 6.24. The molecule has 0 N–H and O–H groups in total. The molecule has 3 aliphatic heterocycles. The van der Waals surface area contributed by atoms with Gasteiger partial charge in [-0.3, -0.25) is 4.79 Å². The minimum absolute atomic E-state index is 0.127. The van der Waals surface area contributed by atoms with Crippen LogP contribution in [0, 0.1) is 5.92 Å². The van der Waals surface area contributed by atoms with Crippen molar-refractivity contribution >= 4 is 17.7 Å². The van der Waals surface area contributed by atoms with E-state index in [1.165, 1.54) is 0 Å². The highest BCUT2D eigenvalue weighted by atomic mass is 32.2. The smallest absolute Gasteiger partial charge is 0.225 e. The highest BCUT2D eigenvalue weighted by molar-refractivity contribution is 7.99. The average molecular weight is 299 g/mol. The molecule has 1 amide bonds. The zero-order chi connectivity index (χ0) is 14.0. The summed E-state index contributed by atoms with van der Waals surface area (Å²) in [5.74, 6) is 2.90. The molecular weight excluding hydrogens is 274 g/mol. The molecule has 3 aliphatic rings. The first-order chi connectivity index (χ1) is 9.72. The summed E-state index contributed by atoms with van der Waals surface area (Å²) in [5, 5.41) is 0. The van der Waals surface area contributed by atoms with E-state index in [1.54, 1.807) is 7.11 Å². The van der Waals surface area contributed by atoms with Crippen molar-refractivity contribution < 1.29 is 14.3 Å². The number of piperidine rings is 1. The lowest BCUT2D eigenvalue weighted by Gasteiger charge is -2.41. The number of carbonyl (C=O) groups excluding carboxylic acids is 1. The van der Waals surface area contributed by atoms with Gasteiger partial charge in [-0.2, -0.15) is 11.8 Å². The van der Waals surface area contributed by atoms with Crippen molar-refractivity contribution in [3.63, 3.8) is 0 Å². The van der Waals surface area contributed by atoms with Crippen LogP contribution in [0.5, 0.6) is 0 Å². The van der Waals surface area contributed by atoms with Crippen LogP contribution in [0.1, 0.15) is 32.1 Å². The number of ether oxygens (including phenoxy) is 2. The maximum absolute atomic E-state index is 12.7. The van der Waals surface area contributed by atoms with E-state index >= 15 is 0 Å². The second-order valence-electron chi connectivity index (χ2n) is 6.31. The number of carbonyl (C=O) groups is 1. The van der Waals surface area contributed by atoms with Gasteiger partial charge in [-0.1, -0.05) is 0 Å². The van der Waals surface area contributed by atoms with Gasteiger partial charge >= 0.3 is 0 Å². The Bertz CT molecular complexity index is 359. The average Bonchev–Trinajstić information content (AvgIpc) is 2.90. The summed E-state index contributed by atoms with van der Waals surface area (Å²) < 4.78 is 11.4. The molecule has 0 bridgehead atoms. The van der Waals surface area contributed by atoms with Gasteiger partial charge in [0.25, 0.3) is 0 Å². The van der Waals surface area contributed by atoms with Gasteiger partial charge < -0.3 is 14.4 Å².